The monoisotopic (exact) mass is 292 g/mol. The number of nitrogens with zero attached hydrogens (tertiary/aromatic N) is 1. The lowest BCUT2D eigenvalue weighted by molar-refractivity contribution is -0.134. The number of hydrogen-bond acceptors (Lipinski definition) is 3. The van der Waals surface area contributed by atoms with E-state index in [2.05, 4.69) is 34.0 Å². The molecule has 1 aliphatic heterocycles. The van der Waals surface area contributed by atoms with Gasteiger partial charge in [0.2, 0.25) is 5.91 Å². The zero-order valence-electron chi connectivity index (χ0n) is 12.2. The Bertz CT molecular complexity index is 441. The van der Waals surface area contributed by atoms with Gasteiger partial charge < -0.3 is 10.2 Å². The van der Waals surface area contributed by atoms with Crippen LogP contribution < -0.4 is 5.32 Å². The first-order valence-electron chi connectivity index (χ1n) is 7.81. The van der Waals surface area contributed by atoms with Crippen molar-refractivity contribution in [2.45, 2.75) is 45.2 Å². The summed E-state index contributed by atoms with van der Waals surface area (Å²) in [6.07, 6.45) is 4.48. The van der Waals surface area contributed by atoms with E-state index in [0.29, 0.717) is 23.8 Å². The minimum atomic E-state index is 0.364. The zero-order valence-corrected chi connectivity index (χ0v) is 13.0. The fourth-order valence-corrected chi connectivity index (χ4v) is 3.81. The molecule has 3 nitrogen and oxygen atoms in total. The topological polar surface area (TPSA) is 32.3 Å². The molecular formula is C16H24N2OS. The molecule has 2 heterocycles. The van der Waals surface area contributed by atoms with Gasteiger partial charge in [-0.3, -0.25) is 4.79 Å². The highest BCUT2D eigenvalue weighted by Crippen LogP contribution is 2.33. The lowest BCUT2D eigenvalue weighted by Gasteiger charge is -2.39. The van der Waals surface area contributed by atoms with Gasteiger partial charge in [0, 0.05) is 31.6 Å². The number of nitrogens with one attached hydrogen (secondary N) is 1. The summed E-state index contributed by atoms with van der Waals surface area (Å²) in [7, 11) is 0. The van der Waals surface area contributed by atoms with E-state index in [9.17, 15) is 4.79 Å². The number of amides is 1. The number of piperidine rings is 1. The van der Waals surface area contributed by atoms with Crippen LogP contribution in [-0.2, 0) is 11.3 Å². The Labute approximate surface area is 125 Å². The number of hydrogen-bond donors (Lipinski definition) is 1. The van der Waals surface area contributed by atoms with Crippen molar-refractivity contribution in [3.63, 3.8) is 0 Å². The standard InChI is InChI=1S/C16H24N2OS/c1-2-13-10-18(16(19)14-3-4-14)7-5-15(13)17-9-12-6-8-20-11-12/h6,8,11,13-15,17H,2-5,7,9-10H2,1H3/t13-,15+/m0/s1. The molecule has 1 aromatic heterocycles. The van der Waals surface area contributed by atoms with E-state index < -0.39 is 0 Å². The van der Waals surface area contributed by atoms with Crippen LogP contribution in [-0.4, -0.2) is 29.9 Å². The lowest BCUT2D eigenvalue weighted by Crippen LogP contribution is -2.51. The lowest BCUT2D eigenvalue weighted by atomic mass is 9.89. The molecule has 1 aromatic rings. The van der Waals surface area contributed by atoms with E-state index in [-0.39, 0.29) is 0 Å². The van der Waals surface area contributed by atoms with E-state index in [1.807, 2.05) is 0 Å². The SMILES string of the molecule is CC[C@H]1CN(C(=O)C2CC2)CC[C@H]1NCc1ccsc1. The number of rotatable bonds is 5. The van der Waals surface area contributed by atoms with E-state index in [0.717, 1.165) is 45.3 Å². The van der Waals surface area contributed by atoms with Gasteiger partial charge >= 0.3 is 0 Å². The highest BCUT2D eigenvalue weighted by atomic mass is 32.1. The van der Waals surface area contributed by atoms with Gasteiger partial charge in [0.1, 0.15) is 0 Å². The van der Waals surface area contributed by atoms with E-state index in [1.165, 1.54) is 5.56 Å². The van der Waals surface area contributed by atoms with Crippen LogP contribution in [0, 0.1) is 11.8 Å². The largest absolute Gasteiger partial charge is 0.342 e. The third kappa shape index (κ3) is 3.23. The molecule has 1 aliphatic carbocycles. The minimum absolute atomic E-state index is 0.364. The molecule has 1 saturated carbocycles. The maximum atomic E-state index is 12.2. The second-order valence-corrected chi connectivity index (χ2v) is 6.91. The van der Waals surface area contributed by atoms with Crippen molar-refractivity contribution in [2.75, 3.05) is 13.1 Å². The predicted molar refractivity (Wildman–Crippen MR) is 82.6 cm³/mol. The molecule has 110 valence electrons. The summed E-state index contributed by atoms with van der Waals surface area (Å²) in [4.78, 5) is 14.3. The maximum absolute atomic E-state index is 12.2. The number of likely N-dealkylation sites (tertiary alicyclic amines) is 1. The van der Waals surface area contributed by atoms with Gasteiger partial charge in [-0.05, 0) is 47.6 Å². The summed E-state index contributed by atoms with van der Waals surface area (Å²) in [5.41, 5.74) is 1.38. The molecule has 0 unspecified atom stereocenters. The Morgan fingerprint density at radius 1 is 1.45 bits per heavy atom. The molecule has 1 amide bonds. The van der Waals surface area contributed by atoms with Crippen LogP contribution in [0.25, 0.3) is 0 Å². The third-order valence-corrected chi connectivity index (χ3v) is 5.38. The van der Waals surface area contributed by atoms with Crippen LogP contribution in [0.5, 0.6) is 0 Å². The van der Waals surface area contributed by atoms with Crippen LogP contribution in [0.3, 0.4) is 0 Å². The number of thiophene rings is 1. The van der Waals surface area contributed by atoms with Crippen molar-refractivity contribution in [2.24, 2.45) is 11.8 Å². The summed E-state index contributed by atoms with van der Waals surface area (Å²) in [5.74, 6) is 1.38. The van der Waals surface area contributed by atoms with E-state index >= 15 is 0 Å². The number of carbonyl (C=O) groups excluding carboxylic acids is 1. The van der Waals surface area contributed by atoms with E-state index in [4.69, 9.17) is 0 Å². The van der Waals surface area contributed by atoms with E-state index in [1.54, 1.807) is 11.3 Å². The Kier molecular flexibility index (Phi) is 4.41. The smallest absolute Gasteiger partial charge is 0.225 e. The van der Waals surface area contributed by atoms with Crippen LogP contribution in [0.1, 0.15) is 38.2 Å². The second-order valence-electron chi connectivity index (χ2n) is 6.13. The first kappa shape index (κ1) is 14.1. The molecule has 1 saturated heterocycles. The summed E-state index contributed by atoms with van der Waals surface area (Å²) < 4.78 is 0. The summed E-state index contributed by atoms with van der Waals surface area (Å²) in [5, 5.41) is 8.04. The van der Waals surface area contributed by atoms with Crippen LogP contribution in [0.4, 0.5) is 0 Å². The van der Waals surface area contributed by atoms with Crippen molar-refractivity contribution in [3.05, 3.63) is 22.4 Å². The van der Waals surface area contributed by atoms with Crippen molar-refractivity contribution in [3.8, 4) is 0 Å². The highest BCUT2D eigenvalue weighted by Gasteiger charge is 2.37. The van der Waals surface area contributed by atoms with Crippen molar-refractivity contribution >= 4 is 17.2 Å². The summed E-state index contributed by atoms with van der Waals surface area (Å²) >= 11 is 1.75. The number of carbonyl (C=O) groups is 1. The molecule has 3 rings (SSSR count). The van der Waals surface area contributed by atoms with Crippen LogP contribution in [0.2, 0.25) is 0 Å². The fraction of sp³-hybridized carbons (Fsp3) is 0.688. The molecule has 0 spiro atoms. The van der Waals surface area contributed by atoms with Crippen molar-refractivity contribution in [1.82, 2.24) is 10.2 Å². The summed E-state index contributed by atoms with van der Waals surface area (Å²) in [6.45, 7) is 5.09. The minimum Gasteiger partial charge on any atom is -0.342 e. The molecule has 0 aromatic carbocycles. The molecule has 2 aliphatic rings. The van der Waals surface area contributed by atoms with Gasteiger partial charge in [-0.1, -0.05) is 13.3 Å². The predicted octanol–water partition coefficient (Wildman–Crippen LogP) is 2.87. The quantitative estimate of drug-likeness (QED) is 0.905. The van der Waals surface area contributed by atoms with Gasteiger partial charge in [-0.2, -0.15) is 11.3 Å². The first-order chi connectivity index (χ1) is 9.78. The Balaban J connectivity index is 1.52. The molecule has 4 heteroatoms. The van der Waals surface area contributed by atoms with Gasteiger partial charge in [0.05, 0.1) is 0 Å². The highest BCUT2D eigenvalue weighted by molar-refractivity contribution is 7.07. The molecule has 0 bridgehead atoms. The first-order valence-corrected chi connectivity index (χ1v) is 8.75. The van der Waals surface area contributed by atoms with Crippen LogP contribution >= 0.6 is 11.3 Å². The van der Waals surface area contributed by atoms with Gasteiger partial charge in [0.25, 0.3) is 0 Å². The zero-order chi connectivity index (χ0) is 13.9. The van der Waals surface area contributed by atoms with Crippen LogP contribution in [0.15, 0.2) is 16.8 Å². The third-order valence-electron chi connectivity index (χ3n) is 4.65. The Morgan fingerprint density at radius 3 is 2.95 bits per heavy atom. The van der Waals surface area contributed by atoms with Gasteiger partial charge in [-0.25, -0.2) is 0 Å². The van der Waals surface area contributed by atoms with Crippen molar-refractivity contribution < 1.29 is 4.79 Å². The molecule has 20 heavy (non-hydrogen) atoms. The normalized spacial score (nSPS) is 26.8. The Hall–Kier alpha value is -0.870. The Morgan fingerprint density at radius 2 is 2.30 bits per heavy atom. The molecular weight excluding hydrogens is 268 g/mol. The molecule has 1 N–H and O–H groups in total. The second kappa shape index (κ2) is 6.27. The van der Waals surface area contributed by atoms with Crippen molar-refractivity contribution in [1.29, 1.82) is 0 Å². The summed E-state index contributed by atoms with van der Waals surface area (Å²) in [6, 6.07) is 2.74. The van der Waals surface area contributed by atoms with Gasteiger partial charge in [0.15, 0.2) is 0 Å². The average Bonchev–Trinajstić information content (AvgIpc) is 3.21. The molecule has 2 atom stereocenters. The maximum Gasteiger partial charge on any atom is 0.225 e. The molecule has 0 radical (unpaired) electrons. The van der Waals surface area contributed by atoms with Gasteiger partial charge in [-0.15, -0.1) is 0 Å². The molecule has 2 fully saturated rings. The average molecular weight is 292 g/mol. The fourth-order valence-electron chi connectivity index (χ4n) is 3.15.